The van der Waals surface area contributed by atoms with Gasteiger partial charge in [0.05, 0.1) is 5.52 Å². The minimum Gasteiger partial charge on any atom is -0.384 e. The van der Waals surface area contributed by atoms with E-state index in [1.165, 1.54) is 12.1 Å². The third kappa shape index (κ3) is 3.99. The molecule has 0 saturated carbocycles. The molecule has 0 unspecified atom stereocenters. The highest BCUT2D eigenvalue weighted by molar-refractivity contribution is 5.94. The normalized spacial score (nSPS) is 10.8. The Morgan fingerprint density at radius 2 is 1.96 bits per heavy atom. The van der Waals surface area contributed by atoms with Gasteiger partial charge in [-0.3, -0.25) is 9.78 Å². The smallest absolute Gasteiger partial charge is 0.253 e. The number of rotatable bonds is 5. The lowest BCUT2D eigenvalue weighted by Gasteiger charge is -2.13. The van der Waals surface area contributed by atoms with Crippen LogP contribution in [0.2, 0.25) is 0 Å². The van der Waals surface area contributed by atoms with Gasteiger partial charge in [-0.25, -0.2) is 4.39 Å². The first-order valence-corrected chi connectivity index (χ1v) is 8.55. The number of aromatic nitrogens is 1. The van der Waals surface area contributed by atoms with Crippen LogP contribution in [0, 0.1) is 12.7 Å². The fourth-order valence-electron chi connectivity index (χ4n) is 2.94. The van der Waals surface area contributed by atoms with E-state index >= 15 is 0 Å². The second-order valence-corrected chi connectivity index (χ2v) is 6.55. The summed E-state index contributed by atoms with van der Waals surface area (Å²) in [5.74, 6) is -0.285. The van der Waals surface area contributed by atoms with Crippen LogP contribution in [0.15, 0.2) is 48.5 Å². The molecule has 3 rings (SSSR count). The summed E-state index contributed by atoms with van der Waals surface area (Å²) in [4.78, 5) is 18.1. The van der Waals surface area contributed by atoms with Gasteiger partial charge in [-0.15, -0.1) is 0 Å². The number of hydrogen-bond acceptors (Lipinski definition) is 3. The maximum absolute atomic E-state index is 13.6. The lowest BCUT2D eigenvalue weighted by Crippen LogP contribution is -2.21. The van der Waals surface area contributed by atoms with Gasteiger partial charge in [-0.05, 0) is 55.3 Å². The number of nitrogens with one attached hydrogen (secondary N) is 1. The van der Waals surface area contributed by atoms with Crippen LogP contribution >= 0.6 is 0 Å². The topological polar surface area (TPSA) is 45.2 Å². The highest BCUT2D eigenvalue weighted by atomic mass is 19.1. The predicted molar refractivity (Wildman–Crippen MR) is 103 cm³/mol. The van der Waals surface area contributed by atoms with Crippen molar-refractivity contribution in [2.45, 2.75) is 13.3 Å². The molecule has 5 heteroatoms. The number of hydrogen-bond donors (Lipinski definition) is 1. The number of amides is 1. The quantitative estimate of drug-likeness (QED) is 0.755. The number of nitrogens with zero attached hydrogens (tertiary/aromatic N) is 2. The third-order valence-electron chi connectivity index (χ3n) is 4.21. The number of carbonyl (C=O) groups is 1. The van der Waals surface area contributed by atoms with Crippen molar-refractivity contribution in [3.05, 3.63) is 71.2 Å². The van der Waals surface area contributed by atoms with Crippen LogP contribution in [0.25, 0.3) is 10.9 Å². The molecule has 0 spiro atoms. The first kappa shape index (κ1) is 17.9. The van der Waals surface area contributed by atoms with Gasteiger partial charge in [0.1, 0.15) is 5.82 Å². The van der Waals surface area contributed by atoms with Gasteiger partial charge in [0.15, 0.2) is 0 Å². The van der Waals surface area contributed by atoms with E-state index in [0.29, 0.717) is 12.1 Å². The van der Waals surface area contributed by atoms with Gasteiger partial charge in [-0.2, -0.15) is 0 Å². The summed E-state index contributed by atoms with van der Waals surface area (Å²) >= 11 is 0. The molecule has 26 heavy (non-hydrogen) atoms. The van der Waals surface area contributed by atoms with Crippen molar-refractivity contribution in [3.8, 4) is 0 Å². The third-order valence-corrected chi connectivity index (χ3v) is 4.21. The largest absolute Gasteiger partial charge is 0.384 e. The van der Waals surface area contributed by atoms with Gasteiger partial charge >= 0.3 is 0 Å². The molecule has 2 aromatic carbocycles. The van der Waals surface area contributed by atoms with Crippen molar-refractivity contribution >= 4 is 22.5 Å². The molecule has 1 aromatic heterocycles. The van der Waals surface area contributed by atoms with Gasteiger partial charge in [0, 0.05) is 43.0 Å². The lowest BCUT2D eigenvalue weighted by atomic mass is 10.1. The van der Waals surface area contributed by atoms with Crippen LogP contribution in [-0.4, -0.2) is 36.4 Å². The molecule has 0 saturated heterocycles. The Bertz CT molecular complexity index is 953. The zero-order chi connectivity index (χ0) is 18.7. The molecule has 0 fully saturated rings. The average Bonchev–Trinajstić information content (AvgIpc) is 2.61. The maximum atomic E-state index is 13.6. The van der Waals surface area contributed by atoms with Crippen LogP contribution in [0.4, 0.5) is 10.1 Å². The SMILES string of the molecule is Cc1cc(NCCc2cccc(C(=O)N(C)C)c2)c2cc(F)ccc2n1. The predicted octanol–water partition coefficient (Wildman–Crippen LogP) is 4.04. The van der Waals surface area contributed by atoms with Gasteiger partial charge in [-0.1, -0.05) is 12.1 Å². The molecule has 1 heterocycles. The highest BCUT2D eigenvalue weighted by Crippen LogP contribution is 2.24. The van der Waals surface area contributed by atoms with Gasteiger partial charge < -0.3 is 10.2 Å². The maximum Gasteiger partial charge on any atom is 0.253 e. The second-order valence-electron chi connectivity index (χ2n) is 6.55. The summed E-state index contributed by atoms with van der Waals surface area (Å²) in [6.07, 6.45) is 0.757. The molecule has 134 valence electrons. The van der Waals surface area contributed by atoms with E-state index in [0.717, 1.165) is 34.3 Å². The number of carbonyl (C=O) groups excluding carboxylic acids is 1. The van der Waals surface area contributed by atoms with Crippen molar-refractivity contribution in [1.82, 2.24) is 9.88 Å². The summed E-state index contributed by atoms with van der Waals surface area (Å²) in [7, 11) is 3.49. The molecule has 0 atom stereocenters. The molecular weight excluding hydrogens is 329 g/mol. The first-order valence-electron chi connectivity index (χ1n) is 8.55. The molecule has 0 bridgehead atoms. The molecule has 1 N–H and O–H groups in total. The summed E-state index contributed by atoms with van der Waals surface area (Å²) in [6, 6.07) is 14.2. The number of fused-ring (bicyclic) bond motifs is 1. The van der Waals surface area contributed by atoms with E-state index in [4.69, 9.17) is 0 Å². The van der Waals surface area contributed by atoms with Gasteiger partial charge in [0.2, 0.25) is 0 Å². The molecule has 0 aliphatic heterocycles. The molecule has 0 aliphatic rings. The molecule has 0 radical (unpaired) electrons. The average molecular weight is 351 g/mol. The Hall–Kier alpha value is -2.95. The van der Waals surface area contributed by atoms with Crippen molar-refractivity contribution in [2.24, 2.45) is 0 Å². The monoisotopic (exact) mass is 351 g/mol. The van der Waals surface area contributed by atoms with Gasteiger partial charge in [0.25, 0.3) is 5.91 Å². The van der Waals surface area contributed by atoms with Crippen molar-refractivity contribution < 1.29 is 9.18 Å². The summed E-state index contributed by atoms with van der Waals surface area (Å²) in [5, 5.41) is 4.14. The minimum atomic E-state index is -0.277. The van der Waals surface area contributed by atoms with Crippen LogP contribution in [-0.2, 0) is 6.42 Å². The fraction of sp³-hybridized carbons (Fsp3) is 0.238. The zero-order valence-corrected chi connectivity index (χ0v) is 15.2. The standard InChI is InChI=1S/C21H22FN3O/c1-14-11-20(18-13-17(22)7-8-19(18)24-14)23-10-9-15-5-4-6-16(12-15)21(26)25(2)3/h4-8,11-13H,9-10H2,1-3H3,(H,23,24). The number of anilines is 1. The van der Waals surface area contributed by atoms with E-state index in [1.807, 2.05) is 37.3 Å². The van der Waals surface area contributed by atoms with Crippen LogP contribution in [0.5, 0.6) is 0 Å². The Morgan fingerprint density at radius 1 is 1.15 bits per heavy atom. The van der Waals surface area contributed by atoms with Crippen molar-refractivity contribution in [2.75, 3.05) is 26.0 Å². The number of aryl methyl sites for hydroxylation is 1. The Morgan fingerprint density at radius 3 is 2.73 bits per heavy atom. The number of pyridine rings is 1. The molecular formula is C21H22FN3O. The summed E-state index contributed by atoms with van der Waals surface area (Å²) < 4.78 is 13.6. The zero-order valence-electron chi connectivity index (χ0n) is 15.2. The molecule has 1 amide bonds. The van der Waals surface area contributed by atoms with Crippen LogP contribution < -0.4 is 5.32 Å². The first-order chi connectivity index (χ1) is 12.4. The van der Waals surface area contributed by atoms with Crippen molar-refractivity contribution in [3.63, 3.8) is 0 Å². The van der Waals surface area contributed by atoms with E-state index in [2.05, 4.69) is 10.3 Å². The van der Waals surface area contributed by atoms with E-state index in [9.17, 15) is 9.18 Å². The summed E-state index contributed by atoms with van der Waals surface area (Å²) in [6.45, 7) is 2.60. The second kappa shape index (κ2) is 7.52. The Labute approximate surface area is 152 Å². The van der Waals surface area contributed by atoms with Crippen LogP contribution in [0.1, 0.15) is 21.6 Å². The minimum absolute atomic E-state index is 0.00830. The van der Waals surface area contributed by atoms with Crippen molar-refractivity contribution in [1.29, 1.82) is 0 Å². The molecule has 4 nitrogen and oxygen atoms in total. The van der Waals surface area contributed by atoms with E-state index < -0.39 is 0 Å². The Kier molecular flexibility index (Phi) is 5.16. The van der Waals surface area contributed by atoms with E-state index in [1.54, 1.807) is 25.1 Å². The van der Waals surface area contributed by atoms with Crippen LogP contribution in [0.3, 0.4) is 0 Å². The summed E-state index contributed by atoms with van der Waals surface area (Å²) in [5.41, 5.74) is 4.27. The molecule has 0 aliphatic carbocycles. The number of halogens is 1. The number of benzene rings is 2. The Balaban J connectivity index is 1.74. The highest BCUT2D eigenvalue weighted by Gasteiger charge is 2.09. The lowest BCUT2D eigenvalue weighted by molar-refractivity contribution is 0.0827. The van der Waals surface area contributed by atoms with E-state index in [-0.39, 0.29) is 11.7 Å². The molecule has 3 aromatic rings. The fourth-order valence-corrected chi connectivity index (χ4v) is 2.94.